The standard InChI is InChI=1S/C18H30O4/c1-2-3-4-5-6-7-8-9-10-11-12-13-14-15-16-18(21,22)17(19)20/h5-10,21-22H,2-4,11-16H2,1H3,(H,19,20). The third-order valence-electron chi connectivity index (χ3n) is 3.32. The Morgan fingerprint density at radius 3 is 1.95 bits per heavy atom. The van der Waals surface area contributed by atoms with E-state index < -0.39 is 11.8 Å². The number of aliphatic hydroxyl groups is 2. The summed E-state index contributed by atoms with van der Waals surface area (Å²) in [5.41, 5.74) is 0. The van der Waals surface area contributed by atoms with Crippen LogP contribution in [0.1, 0.15) is 64.7 Å². The maximum atomic E-state index is 10.5. The van der Waals surface area contributed by atoms with E-state index in [-0.39, 0.29) is 6.42 Å². The number of rotatable bonds is 13. The van der Waals surface area contributed by atoms with Crippen LogP contribution in [0.5, 0.6) is 0 Å². The van der Waals surface area contributed by atoms with Gasteiger partial charge in [0.15, 0.2) is 0 Å². The third-order valence-corrected chi connectivity index (χ3v) is 3.32. The van der Waals surface area contributed by atoms with Gasteiger partial charge in [-0.2, -0.15) is 0 Å². The number of hydrogen-bond donors (Lipinski definition) is 3. The molecule has 0 saturated carbocycles. The van der Waals surface area contributed by atoms with Crippen molar-refractivity contribution < 1.29 is 20.1 Å². The van der Waals surface area contributed by atoms with Crippen molar-refractivity contribution in [2.75, 3.05) is 0 Å². The van der Waals surface area contributed by atoms with E-state index in [0.717, 1.165) is 32.1 Å². The second-order valence-corrected chi connectivity index (χ2v) is 5.46. The Morgan fingerprint density at radius 2 is 1.41 bits per heavy atom. The lowest BCUT2D eigenvalue weighted by Crippen LogP contribution is -2.37. The Morgan fingerprint density at radius 1 is 0.864 bits per heavy atom. The Labute approximate surface area is 133 Å². The molecule has 0 fully saturated rings. The molecule has 0 radical (unpaired) electrons. The smallest absolute Gasteiger partial charge is 0.364 e. The summed E-state index contributed by atoms with van der Waals surface area (Å²) in [7, 11) is 0. The van der Waals surface area contributed by atoms with Gasteiger partial charge in [-0.15, -0.1) is 0 Å². The quantitative estimate of drug-likeness (QED) is 0.273. The number of carboxylic acids is 1. The Bertz CT molecular complexity index is 367. The van der Waals surface area contributed by atoms with Crippen molar-refractivity contribution in [2.24, 2.45) is 0 Å². The van der Waals surface area contributed by atoms with E-state index in [1.165, 1.54) is 12.8 Å². The number of carbonyl (C=O) groups is 1. The molecule has 0 saturated heterocycles. The molecule has 0 heterocycles. The van der Waals surface area contributed by atoms with E-state index in [2.05, 4.69) is 25.2 Å². The fourth-order valence-corrected chi connectivity index (χ4v) is 1.89. The van der Waals surface area contributed by atoms with Crippen LogP contribution in [0.2, 0.25) is 0 Å². The minimum atomic E-state index is -2.57. The van der Waals surface area contributed by atoms with Gasteiger partial charge in [0.05, 0.1) is 0 Å². The first-order chi connectivity index (χ1) is 10.5. The number of aliphatic carboxylic acids is 1. The van der Waals surface area contributed by atoms with E-state index >= 15 is 0 Å². The first-order valence-corrected chi connectivity index (χ1v) is 8.17. The Kier molecular flexibility index (Phi) is 12.4. The molecule has 4 nitrogen and oxygen atoms in total. The molecular weight excluding hydrogens is 280 g/mol. The van der Waals surface area contributed by atoms with Crippen molar-refractivity contribution in [3.8, 4) is 0 Å². The molecular formula is C18H30O4. The molecule has 0 spiro atoms. The first kappa shape index (κ1) is 20.6. The topological polar surface area (TPSA) is 77.8 Å². The molecule has 0 aliphatic heterocycles. The zero-order chi connectivity index (χ0) is 16.7. The van der Waals surface area contributed by atoms with Crippen LogP contribution in [-0.2, 0) is 4.79 Å². The summed E-state index contributed by atoms with van der Waals surface area (Å²) >= 11 is 0. The van der Waals surface area contributed by atoms with Gasteiger partial charge < -0.3 is 15.3 Å². The zero-order valence-electron chi connectivity index (χ0n) is 13.6. The van der Waals surface area contributed by atoms with E-state index in [1.807, 2.05) is 18.2 Å². The Hall–Kier alpha value is -1.39. The van der Waals surface area contributed by atoms with Crippen LogP contribution >= 0.6 is 0 Å². The van der Waals surface area contributed by atoms with Crippen molar-refractivity contribution in [1.29, 1.82) is 0 Å². The van der Waals surface area contributed by atoms with Crippen molar-refractivity contribution >= 4 is 5.97 Å². The molecule has 0 aliphatic carbocycles. The van der Waals surface area contributed by atoms with Crippen molar-refractivity contribution in [1.82, 2.24) is 0 Å². The van der Waals surface area contributed by atoms with Gasteiger partial charge in [-0.05, 0) is 25.7 Å². The van der Waals surface area contributed by atoms with Crippen LogP contribution in [0, 0.1) is 0 Å². The van der Waals surface area contributed by atoms with E-state index in [1.54, 1.807) is 0 Å². The van der Waals surface area contributed by atoms with Crippen LogP contribution in [-0.4, -0.2) is 27.1 Å². The highest BCUT2D eigenvalue weighted by Crippen LogP contribution is 2.13. The van der Waals surface area contributed by atoms with Gasteiger partial charge in [0.2, 0.25) is 0 Å². The van der Waals surface area contributed by atoms with Gasteiger partial charge in [-0.1, -0.05) is 69.1 Å². The molecule has 0 amide bonds. The molecule has 0 aromatic carbocycles. The molecule has 0 aromatic heterocycles. The predicted molar refractivity (Wildman–Crippen MR) is 89.5 cm³/mol. The minimum absolute atomic E-state index is 0.120. The van der Waals surface area contributed by atoms with Gasteiger partial charge in [0.25, 0.3) is 5.79 Å². The molecule has 0 unspecified atom stereocenters. The maximum Gasteiger partial charge on any atom is 0.364 e. The summed E-state index contributed by atoms with van der Waals surface area (Å²) in [6.07, 6.45) is 20.2. The maximum absolute atomic E-state index is 10.5. The first-order valence-electron chi connectivity index (χ1n) is 8.17. The summed E-state index contributed by atoms with van der Waals surface area (Å²) < 4.78 is 0. The third kappa shape index (κ3) is 12.4. The van der Waals surface area contributed by atoms with Crippen molar-refractivity contribution in [3.63, 3.8) is 0 Å². The van der Waals surface area contributed by atoms with Gasteiger partial charge in [-0.25, -0.2) is 4.79 Å². The number of carboxylic acid groups (broad SMARTS) is 1. The fraction of sp³-hybridized carbons (Fsp3) is 0.611. The number of hydrogen-bond acceptors (Lipinski definition) is 3. The van der Waals surface area contributed by atoms with E-state index in [0.29, 0.717) is 6.42 Å². The lowest BCUT2D eigenvalue weighted by molar-refractivity contribution is -0.205. The SMILES string of the molecule is CCCCC=CC=CC=CCCCCCCC(O)(O)C(=O)O. The number of allylic oxidation sites excluding steroid dienone is 6. The van der Waals surface area contributed by atoms with Gasteiger partial charge >= 0.3 is 5.97 Å². The highest BCUT2D eigenvalue weighted by atomic mass is 16.5. The van der Waals surface area contributed by atoms with Crippen LogP contribution in [0.25, 0.3) is 0 Å². The molecule has 3 N–H and O–H groups in total. The van der Waals surface area contributed by atoms with Crippen molar-refractivity contribution in [3.05, 3.63) is 36.5 Å². The summed E-state index contributed by atoms with van der Waals surface area (Å²) in [6.45, 7) is 2.18. The van der Waals surface area contributed by atoms with Crippen LogP contribution in [0.15, 0.2) is 36.5 Å². The molecule has 126 valence electrons. The van der Waals surface area contributed by atoms with Gasteiger partial charge in [0.1, 0.15) is 0 Å². The second kappa shape index (κ2) is 13.3. The predicted octanol–water partition coefficient (Wildman–Crippen LogP) is 3.95. The van der Waals surface area contributed by atoms with Gasteiger partial charge in [-0.3, -0.25) is 0 Å². The molecule has 0 aliphatic rings. The van der Waals surface area contributed by atoms with Crippen molar-refractivity contribution in [2.45, 2.75) is 70.5 Å². The summed E-state index contributed by atoms with van der Waals surface area (Å²) in [6, 6.07) is 0. The van der Waals surface area contributed by atoms with E-state index in [4.69, 9.17) is 15.3 Å². The molecule has 22 heavy (non-hydrogen) atoms. The summed E-state index contributed by atoms with van der Waals surface area (Å²) in [4.78, 5) is 10.5. The lowest BCUT2D eigenvalue weighted by Gasteiger charge is -2.15. The van der Waals surface area contributed by atoms with Crippen LogP contribution in [0.3, 0.4) is 0 Å². The molecule has 0 bridgehead atoms. The molecule has 0 aromatic rings. The van der Waals surface area contributed by atoms with Gasteiger partial charge in [0, 0.05) is 6.42 Å². The molecule has 0 rings (SSSR count). The highest BCUT2D eigenvalue weighted by Gasteiger charge is 2.31. The van der Waals surface area contributed by atoms with E-state index in [9.17, 15) is 4.79 Å². The summed E-state index contributed by atoms with van der Waals surface area (Å²) in [5.74, 6) is -4.15. The fourth-order valence-electron chi connectivity index (χ4n) is 1.89. The second-order valence-electron chi connectivity index (χ2n) is 5.46. The normalized spacial score (nSPS) is 12.9. The zero-order valence-corrected chi connectivity index (χ0v) is 13.6. The summed E-state index contributed by atoms with van der Waals surface area (Å²) in [5, 5.41) is 26.8. The lowest BCUT2D eigenvalue weighted by atomic mass is 10.1. The minimum Gasteiger partial charge on any atom is -0.477 e. The number of unbranched alkanes of at least 4 members (excludes halogenated alkanes) is 6. The monoisotopic (exact) mass is 310 g/mol. The Balaban J connectivity index is 3.50. The highest BCUT2D eigenvalue weighted by molar-refractivity contribution is 5.74. The van der Waals surface area contributed by atoms with Crippen LogP contribution in [0.4, 0.5) is 0 Å². The van der Waals surface area contributed by atoms with Crippen LogP contribution < -0.4 is 0 Å². The largest absolute Gasteiger partial charge is 0.477 e. The average Bonchev–Trinajstić information content (AvgIpc) is 2.47. The molecule has 4 heteroatoms. The average molecular weight is 310 g/mol. The molecule has 0 atom stereocenters.